The maximum Gasteiger partial charge on any atom is 0.264 e. The van der Waals surface area contributed by atoms with Crippen molar-refractivity contribution in [2.24, 2.45) is 0 Å². The van der Waals surface area contributed by atoms with Crippen LogP contribution in [0.2, 0.25) is 0 Å². The molecule has 0 aliphatic heterocycles. The van der Waals surface area contributed by atoms with Crippen LogP contribution in [0.15, 0.2) is 123 Å². The van der Waals surface area contributed by atoms with Gasteiger partial charge in [-0.1, -0.05) is 92.5 Å². The van der Waals surface area contributed by atoms with Crippen molar-refractivity contribution in [3.8, 4) is 0 Å². The minimum atomic E-state index is -4.14. The molecular formula is C34H35Br2N3O4S. The normalized spacial score (nSPS) is 12.3. The van der Waals surface area contributed by atoms with Gasteiger partial charge < -0.3 is 10.2 Å². The van der Waals surface area contributed by atoms with Crippen LogP contribution in [-0.2, 0) is 32.6 Å². The number of benzene rings is 4. The van der Waals surface area contributed by atoms with E-state index in [2.05, 4.69) is 37.2 Å². The van der Waals surface area contributed by atoms with Crippen LogP contribution in [-0.4, -0.2) is 43.3 Å². The van der Waals surface area contributed by atoms with Gasteiger partial charge in [0.15, 0.2) is 0 Å². The monoisotopic (exact) mass is 739 g/mol. The summed E-state index contributed by atoms with van der Waals surface area (Å²) >= 11 is 6.86. The number of nitrogens with one attached hydrogen (secondary N) is 1. The van der Waals surface area contributed by atoms with Gasteiger partial charge in [0.2, 0.25) is 11.8 Å². The van der Waals surface area contributed by atoms with E-state index in [4.69, 9.17) is 0 Å². The van der Waals surface area contributed by atoms with E-state index < -0.39 is 34.1 Å². The number of hydrogen-bond acceptors (Lipinski definition) is 4. The zero-order valence-electron chi connectivity index (χ0n) is 24.8. The highest BCUT2D eigenvalue weighted by Crippen LogP contribution is 2.27. The highest BCUT2D eigenvalue weighted by Gasteiger charge is 2.35. The first-order valence-corrected chi connectivity index (χ1v) is 17.1. The maximum atomic E-state index is 14.5. The molecule has 4 aromatic carbocycles. The molecule has 0 saturated heterocycles. The van der Waals surface area contributed by atoms with Crippen LogP contribution in [0.5, 0.6) is 0 Å². The SMILES string of the molecule is CC(C)(C)NC(=O)C(Cc1ccccc1)N(Cc1ccc(Br)cc1)C(=O)CN(c1ccc(Br)cc1)S(=O)(=O)c1ccccc1. The molecule has 0 aromatic heterocycles. The summed E-state index contributed by atoms with van der Waals surface area (Å²) < 4.78 is 30.8. The predicted octanol–water partition coefficient (Wildman–Crippen LogP) is 6.96. The van der Waals surface area contributed by atoms with Crippen molar-refractivity contribution >= 4 is 59.4 Å². The highest BCUT2D eigenvalue weighted by atomic mass is 79.9. The minimum absolute atomic E-state index is 0.0569. The zero-order chi connectivity index (χ0) is 31.9. The molecular weight excluding hydrogens is 706 g/mol. The van der Waals surface area contributed by atoms with Gasteiger partial charge in [-0.3, -0.25) is 13.9 Å². The van der Waals surface area contributed by atoms with Gasteiger partial charge >= 0.3 is 0 Å². The third kappa shape index (κ3) is 9.03. The van der Waals surface area contributed by atoms with E-state index in [1.54, 1.807) is 42.5 Å². The van der Waals surface area contributed by atoms with Gasteiger partial charge in [0, 0.05) is 27.4 Å². The molecule has 0 radical (unpaired) electrons. The first-order chi connectivity index (χ1) is 20.8. The van der Waals surface area contributed by atoms with Crippen LogP contribution in [0.3, 0.4) is 0 Å². The summed E-state index contributed by atoms with van der Waals surface area (Å²) in [6.45, 7) is 5.23. The van der Waals surface area contributed by atoms with Gasteiger partial charge in [-0.05, 0) is 80.4 Å². The lowest BCUT2D eigenvalue weighted by Gasteiger charge is -2.35. The van der Waals surface area contributed by atoms with Crippen LogP contribution in [0.4, 0.5) is 5.69 Å². The number of halogens is 2. The first kappa shape index (κ1) is 33.4. The second-order valence-corrected chi connectivity index (χ2v) is 15.1. The Balaban J connectivity index is 1.80. The van der Waals surface area contributed by atoms with Gasteiger partial charge in [-0.2, -0.15) is 0 Å². The number of sulfonamides is 1. The molecule has 1 atom stereocenters. The summed E-state index contributed by atoms with van der Waals surface area (Å²) in [5.74, 6) is -0.840. The Labute approximate surface area is 276 Å². The Hall–Kier alpha value is -3.47. The van der Waals surface area contributed by atoms with Crippen LogP contribution in [0, 0.1) is 0 Å². The number of carbonyl (C=O) groups excluding carboxylic acids is 2. The molecule has 0 bridgehead atoms. The lowest BCUT2D eigenvalue weighted by atomic mass is 10.0. The molecule has 230 valence electrons. The maximum absolute atomic E-state index is 14.5. The van der Waals surface area contributed by atoms with Crippen molar-refractivity contribution in [3.05, 3.63) is 129 Å². The summed E-state index contributed by atoms with van der Waals surface area (Å²) in [6, 6.07) is 30.8. The molecule has 44 heavy (non-hydrogen) atoms. The first-order valence-electron chi connectivity index (χ1n) is 14.1. The van der Waals surface area contributed by atoms with Gasteiger partial charge in [-0.15, -0.1) is 0 Å². The van der Waals surface area contributed by atoms with Crippen LogP contribution in [0.1, 0.15) is 31.9 Å². The third-order valence-corrected chi connectivity index (χ3v) is 9.61. The molecule has 2 amide bonds. The number of nitrogens with zero attached hydrogens (tertiary/aromatic N) is 2. The lowest BCUT2D eigenvalue weighted by molar-refractivity contribution is -0.140. The highest BCUT2D eigenvalue weighted by molar-refractivity contribution is 9.10. The quantitative estimate of drug-likeness (QED) is 0.180. The van der Waals surface area contributed by atoms with E-state index in [9.17, 15) is 18.0 Å². The van der Waals surface area contributed by atoms with E-state index >= 15 is 0 Å². The molecule has 0 aliphatic rings. The van der Waals surface area contributed by atoms with Crippen molar-refractivity contribution in [3.63, 3.8) is 0 Å². The van der Waals surface area contributed by atoms with E-state index in [-0.39, 0.29) is 23.8 Å². The number of carbonyl (C=O) groups is 2. The fraction of sp³-hybridized carbons (Fsp3) is 0.235. The smallest absolute Gasteiger partial charge is 0.264 e. The van der Waals surface area contributed by atoms with Gasteiger partial charge in [0.25, 0.3) is 10.0 Å². The Kier molecular flexibility index (Phi) is 11.0. The number of amides is 2. The van der Waals surface area contributed by atoms with Crippen LogP contribution < -0.4 is 9.62 Å². The molecule has 0 fully saturated rings. The lowest BCUT2D eigenvalue weighted by Crippen LogP contribution is -2.56. The van der Waals surface area contributed by atoms with Crippen LogP contribution in [0.25, 0.3) is 0 Å². The number of rotatable bonds is 11. The van der Waals surface area contributed by atoms with Crippen LogP contribution >= 0.6 is 31.9 Å². The minimum Gasteiger partial charge on any atom is -0.350 e. The topological polar surface area (TPSA) is 86.8 Å². The molecule has 10 heteroatoms. The molecule has 7 nitrogen and oxygen atoms in total. The molecule has 4 aromatic rings. The van der Waals surface area contributed by atoms with Crippen molar-refractivity contribution in [2.75, 3.05) is 10.8 Å². The Morgan fingerprint density at radius 1 is 0.750 bits per heavy atom. The molecule has 4 rings (SSSR count). The van der Waals surface area contributed by atoms with Crippen molar-refractivity contribution in [1.82, 2.24) is 10.2 Å². The molecule has 0 aliphatic carbocycles. The number of hydrogen-bond donors (Lipinski definition) is 1. The van der Waals surface area contributed by atoms with Crippen molar-refractivity contribution in [2.45, 2.75) is 50.2 Å². The van der Waals surface area contributed by atoms with E-state index in [1.165, 1.54) is 17.0 Å². The summed E-state index contributed by atoms with van der Waals surface area (Å²) in [5, 5.41) is 3.04. The zero-order valence-corrected chi connectivity index (χ0v) is 28.8. The largest absolute Gasteiger partial charge is 0.350 e. The average Bonchev–Trinajstić information content (AvgIpc) is 2.99. The van der Waals surface area contributed by atoms with Crippen molar-refractivity contribution < 1.29 is 18.0 Å². The Morgan fingerprint density at radius 2 is 1.27 bits per heavy atom. The fourth-order valence-corrected chi connectivity index (χ4v) is 6.61. The summed E-state index contributed by atoms with van der Waals surface area (Å²) in [7, 11) is -4.14. The molecule has 1 unspecified atom stereocenters. The average molecular weight is 742 g/mol. The number of anilines is 1. The Bertz CT molecular complexity index is 1660. The van der Waals surface area contributed by atoms with Gasteiger partial charge in [0.05, 0.1) is 10.6 Å². The Morgan fingerprint density at radius 3 is 1.82 bits per heavy atom. The molecule has 0 spiro atoms. The summed E-state index contributed by atoms with van der Waals surface area (Å²) in [6.07, 6.45) is 0.245. The van der Waals surface area contributed by atoms with Gasteiger partial charge in [0.1, 0.15) is 12.6 Å². The van der Waals surface area contributed by atoms with Crippen molar-refractivity contribution in [1.29, 1.82) is 0 Å². The predicted molar refractivity (Wildman–Crippen MR) is 182 cm³/mol. The fourth-order valence-electron chi connectivity index (χ4n) is 4.65. The standard InChI is InChI=1S/C34H35Br2N3O4S/c1-34(2,3)37-33(41)31(22-25-10-6-4-7-11-25)38(23-26-14-16-27(35)17-15-26)32(40)24-39(29-20-18-28(36)19-21-29)44(42,43)30-12-8-5-9-13-30/h4-21,31H,22-24H2,1-3H3,(H,37,41). The van der Waals surface area contributed by atoms with E-state index in [0.717, 1.165) is 24.4 Å². The summed E-state index contributed by atoms with van der Waals surface area (Å²) in [4.78, 5) is 29.9. The second-order valence-electron chi connectivity index (χ2n) is 11.4. The van der Waals surface area contributed by atoms with Gasteiger partial charge in [-0.25, -0.2) is 8.42 Å². The van der Waals surface area contributed by atoms with E-state index in [1.807, 2.05) is 75.4 Å². The van der Waals surface area contributed by atoms with E-state index in [0.29, 0.717) is 5.69 Å². The molecule has 0 heterocycles. The summed E-state index contributed by atoms with van der Waals surface area (Å²) in [5.41, 5.74) is 1.44. The third-order valence-electron chi connectivity index (χ3n) is 6.76. The molecule has 1 N–H and O–H groups in total. The second kappa shape index (κ2) is 14.5. The molecule has 0 saturated carbocycles.